The van der Waals surface area contributed by atoms with Crippen LogP contribution in [0.3, 0.4) is 0 Å². The first-order valence-corrected chi connectivity index (χ1v) is 6.02. The summed E-state index contributed by atoms with van der Waals surface area (Å²) in [4.78, 5) is 4.15. The number of hydrogen-bond donors (Lipinski definition) is 2. The van der Waals surface area contributed by atoms with Crippen LogP contribution in [-0.2, 0) is 15.5 Å². The van der Waals surface area contributed by atoms with Crippen LogP contribution < -0.4 is 0 Å². The second-order valence-electron chi connectivity index (χ2n) is 3.51. The van der Waals surface area contributed by atoms with Gasteiger partial charge in [0.2, 0.25) is 0 Å². The Morgan fingerprint density at radius 2 is 2.00 bits per heavy atom. The predicted molar refractivity (Wildman–Crippen MR) is 56.4 cm³/mol. The summed E-state index contributed by atoms with van der Waals surface area (Å²) in [5.74, 6) is 0. The number of aliphatic hydroxyl groups excluding tert-OH is 1. The second kappa shape index (κ2) is 6.51. The smallest absolute Gasteiger partial charge is 0.303 e. The van der Waals surface area contributed by atoms with Gasteiger partial charge in [-0.05, 0) is 6.92 Å². The molecule has 0 aromatic heterocycles. The molecule has 90 valence electrons. The predicted octanol–water partition coefficient (Wildman–Crippen LogP) is -0.904. The maximum absolute atomic E-state index is 10.4. The fourth-order valence-corrected chi connectivity index (χ4v) is 2.03. The zero-order valence-corrected chi connectivity index (χ0v) is 9.65. The molecule has 2 atom stereocenters. The molecule has 0 aromatic rings. The van der Waals surface area contributed by atoms with Crippen molar-refractivity contribution in [3.8, 4) is 0 Å². The summed E-state index contributed by atoms with van der Waals surface area (Å²) in [6.45, 7) is 5.91. The van der Waals surface area contributed by atoms with Crippen LogP contribution in [0.15, 0.2) is 0 Å². The lowest BCUT2D eigenvalue weighted by Gasteiger charge is -2.36. The lowest BCUT2D eigenvalue weighted by atomic mass is 10.3. The minimum Gasteiger partial charge on any atom is -0.395 e. The van der Waals surface area contributed by atoms with Gasteiger partial charge in [0.15, 0.2) is 0 Å². The summed E-state index contributed by atoms with van der Waals surface area (Å²) < 4.78 is 23.8. The molecule has 2 N–H and O–H groups in total. The number of aliphatic hydroxyl groups is 1. The molecule has 0 aliphatic carbocycles. The molecule has 1 saturated heterocycles. The zero-order chi connectivity index (χ0) is 11.3. The van der Waals surface area contributed by atoms with Gasteiger partial charge >= 0.3 is 11.4 Å². The fraction of sp³-hybridized carbons (Fsp3) is 1.00. The molecule has 0 saturated carbocycles. The fourth-order valence-electron chi connectivity index (χ4n) is 1.67. The summed E-state index contributed by atoms with van der Waals surface area (Å²) in [6.07, 6.45) is -0.341. The highest BCUT2D eigenvalue weighted by Crippen LogP contribution is 2.07. The standard InChI is InChI=1S/C8H18N2O4S/c1-8(14-15(12)13)10-4-2-9(3-5-10)6-7-11/h8,11H,2-7H2,1H3,(H,12,13). The highest BCUT2D eigenvalue weighted by molar-refractivity contribution is 7.74. The van der Waals surface area contributed by atoms with Crippen molar-refractivity contribution in [2.45, 2.75) is 13.2 Å². The molecule has 1 aliphatic heterocycles. The van der Waals surface area contributed by atoms with Crippen molar-refractivity contribution >= 4 is 11.4 Å². The number of β-amino-alcohol motifs (C(OH)–C–C–N with tert-alkyl or cyclic N) is 1. The Hall–Kier alpha value is -0.0500. The molecule has 1 fully saturated rings. The number of nitrogens with zero attached hydrogens (tertiary/aromatic N) is 2. The molecule has 7 heteroatoms. The van der Waals surface area contributed by atoms with Crippen molar-refractivity contribution in [3.05, 3.63) is 0 Å². The van der Waals surface area contributed by atoms with E-state index in [1.54, 1.807) is 6.92 Å². The Bertz CT molecular complexity index is 209. The third kappa shape index (κ3) is 4.54. The lowest BCUT2D eigenvalue weighted by molar-refractivity contribution is 0.00388. The Balaban J connectivity index is 2.27. The molecule has 1 heterocycles. The van der Waals surface area contributed by atoms with Crippen molar-refractivity contribution in [2.24, 2.45) is 0 Å². The SMILES string of the molecule is CC(OS(=O)O)N1CCN(CCO)CC1. The third-order valence-corrected chi connectivity index (χ3v) is 3.00. The Morgan fingerprint density at radius 3 is 2.47 bits per heavy atom. The summed E-state index contributed by atoms with van der Waals surface area (Å²) in [5.41, 5.74) is 0. The quantitative estimate of drug-likeness (QED) is 0.605. The van der Waals surface area contributed by atoms with Gasteiger partial charge in [0.25, 0.3) is 0 Å². The van der Waals surface area contributed by atoms with Crippen LogP contribution >= 0.6 is 0 Å². The van der Waals surface area contributed by atoms with Crippen molar-refractivity contribution < 1.29 is 18.1 Å². The average Bonchev–Trinajstić information content (AvgIpc) is 2.18. The van der Waals surface area contributed by atoms with E-state index in [1.165, 1.54) is 0 Å². The van der Waals surface area contributed by atoms with Gasteiger partial charge in [0.05, 0.1) is 6.61 Å². The van der Waals surface area contributed by atoms with Crippen LogP contribution in [0.5, 0.6) is 0 Å². The van der Waals surface area contributed by atoms with Gasteiger partial charge in [0, 0.05) is 32.7 Å². The van der Waals surface area contributed by atoms with Crippen molar-refractivity contribution in [1.82, 2.24) is 9.80 Å². The molecule has 6 nitrogen and oxygen atoms in total. The van der Waals surface area contributed by atoms with E-state index in [2.05, 4.69) is 4.90 Å². The molecular formula is C8H18N2O4S. The monoisotopic (exact) mass is 238 g/mol. The molecule has 0 spiro atoms. The van der Waals surface area contributed by atoms with E-state index in [-0.39, 0.29) is 12.8 Å². The zero-order valence-electron chi connectivity index (χ0n) is 8.83. The van der Waals surface area contributed by atoms with Gasteiger partial charge in [-0.1, -0.05) is 0 Å². The average molecular weight is 238 g/mol. The summed E-state index contributed by atoms with van der Waals surface area (Å²) in [7, 11) is 0. The van der Waals surface area contributed by atoms with Crippen LogP contribution in [0, 0.1) is 0 Å². The van der Waals surface area contributed by atoms with Crippen LogP contribution in [0.25, 0.3) is 0 Å². The molecular weight excluding hydrogens is 220 g/mol. The van der Waals surface area contributed by atoms with E-state index in [1.807, 2.05) is 4.90 Å². The Morgan fingerprint density at radius 1 is 1.40 bits per heavy atom. The Kier molecular flexibility index (Phi) is 5.65. The van der Waals surface area contributed by atoms with Crippen molar-refractivity contribution in [3.63, 3.8) is 0 Å². The first-order valence-electron chi connectivity index (χ1n) is 4.98. The molecule has 1 rings (SSSR count). The maximum atomic E-state index is 10.4. The van der Waals surface area contributed by atoms with E-state index in [4.69, 9.17) is 13.8 Å². The van der Waals surface area contributed by atoms with E-state index < -0.39 is 11.4 Å². The van der Waals surface area contributed by atoms with Crippen LogP contribution in [-0.4, -0.2) is 69.2 Å². The number of piperazine rings is 1. The molecule has 0 aromatic carbocycles. The van der Waals surface area contributed by atoms with Crippen molar-refractivity contribution in [1.29, 1.82) is 0 Å². The molecule has 0 bridgehead atoms. The number of rotatable bonds is 5. The summed E-state index contributed by atoms with van der Waals surface area (Å²) in [6, 6.07) is 0. The van der Waals surface area contributed by atoms with Gasteiger partial charge in [-0.3, -0.25) is 14.4 Å². The topological polar surface area (TPSA) is 73.2 Å². The molecule has 15 heavy (non-hydrogen) atoms. The van der Waals surface area contributed by atoms with Gasteiger partial charge < -0.3 is 5.11 Å². The molecule has 0 radical (unpaired) electrons. The van der Waals surface area contributed by atoms with Gasteiger partial charge in [0.1, 0.15) is 6.23 Å². The molecule has 1 aliphatic rings. The van der Waals surface area contributed by atoms with Crippen LogP contribution in [0.2, 0.25) is 0 Å². The van der Waals surface area contributed by atoms with Gasteiger partial charge in [-0.15, -0.1) is 0 Å². The minimum atomic E-state index is -2.20. The van der Waals surface area contributed by atoms with E-state index >= 15 is 0 Å². The minimum absolute atomic E-state index is 0.173. The largest absolute Gasteiger partial charge is 0.395 e. The second-order valence-corrected chi connectivity index (χ2v) is 4.14. The van der Waals surface area contributed by atoms with E-state index in [0.29, 0.717) is 6.54 Å². The molecule has 0 amide bonds. The maximum Gasteiger partial charge on any atom is 0.303 e. The first kappa shape index (κ1) is 13.0. The van der Waals surface area contributed by atoms with E-state index in [0.717, 1.165) is 26.2 Å². The summed E-state index contributed by atoms with van der Waals surface area (Å²) >= 11 is -2.20. The lowest BCUT2D eigenvalue weighted by Crippen LogP contribution is -2.50. The number of hydrogen-bond acceptors (Lipinski definition) is 5. The van der Waals surface area contributed by atoms with Crippen LogP contribution in [0.4, 0.5) is 0 Å². The first-order chi connectivity index (χ1) is 7.13. The van der Waals surface area contributed by atoms with Crippen molar-refractivity contribution in [2.75, 3.05) is 39.3 Å². The third-order valence-electron chi connectivity index (χ3n) is 2.56. The van der Waals surface area contributed by atoms with E-state index in [9.17, 15) is 4.21 Å². The van der Waals surface area contributed by atoms with Gasteiger partial charge in [-0.2, -0.15) is 4.21 Å². The molecule has 2 unspecified atom stereocenters. The normalized spacial score (nSPS) is 23.9. The van der Waals surface area contributed by atoms with Gasteiger partial charge in [-0.25, -0.2) is 4.18 Å². The highest BCUT2D eigenvalue weighted by atomic mass is 32.2. The summed E-state index contributed by atoms with van der Waals surface area (Å²) in [5, 5.41) is 8.76. The Labute approximate surface area is 92.3 Å². The van der Waals surface area contributed by atoms with Crippen LogP contribution in [0.1, 0.15) is 6.92 Å². The highest BCUT2D eigenvalue weighted by Gasteiger charge is 2.22.